The summed E-state index contributed by atoms with van der Waals surface area (Å²) in [4.78, 5) is 48.9. The van der Waals surface area contributed by atoms with Crippen LogP contribution >= 0.6 is 22.7 Å². The number of rotatable bonds is 5. The van der Waals surface area contributed by atoms with E-state index in [1.165, 1.54) is 22.7 Å². The second kappa shape index (κ2) is 9.51. The van der Waals surface area contributed by atoms with Gasteiger partial charge in [-0.3, -0.25) is 19.0 Å². The highest BCUT2D eigenvalue weighted by Gasteiger charge is 2.36. The first-order chi connectivity index (χ1) is 18.5. The molecule has 2 aromatic heterocycles. The second-order valence-corrected chi connectivity index (χ2v) is 10.8. The van der Waals surface area contributed by atoms with Crippen molar-refractivity contribution < 1.29 is 9.59 Å². The first kappa shape index (κ1) is 24.0. The molecule has 4 aromatic rings. The van der Waals surface area contributed by atoms with Crippen molar-refractivity contribution in [1.82, 2.24) is 4.57 Å². The molecule has 2 aromatic carbocycles. The summed E-state index contributed by atoms with van der Waals surface area (Å²) in [7, 11) is 0. The molecule has 0 fully saturated rings. The Bertz CT molecular complexity index is 1810. The largest absolute Gasteiger partial charge is 0.322 e. The van der Waals surface area contributed by atoms with E-state index in [9.17, 15) is 14.4 Å². The molecule has 2 aliphatic heterocycles. The number of aromatic nitrogens is 1. The number of benzene rings is 2. The predicted octanol–water partition coefficient (Wildman–Crippen LogP) is 3.84. The molecule has 7 nitrogen and oxygen atoms in total. The highest BCUT2D eigenvalue weighted by atomic mass is 32.1. The van der Waals surface area contributed by atoms with E-state index < -0.39 is 6.04 Å². The van der Waals surface area contributed by atoms with Crippen LogP contribution in [0.2, 0.25) is 0 Å². The summed E-state index contributed by atoms with van der Waals surface area (Å²) < 4.78 is 1.87. The molecular formula is C29H22N4O3S2. The number of para-hydroxylation sites is 2. The Kier molecular flexibility index (Phi) is 6.01. The molecule has 2 aliphatic rings. The lowest BCUT2D eigenvalue weighted by Gasteiger charge is -2.24. The van der Waals surface area contributed by atoms with Gasteiger partial charge in [-0.2, -0.15) is 0 Å². The Morgan fingerprint density at radius 1 is 1.08 bits per heavy atom. The van der Waals surface area contributed by atoms with E-state index in [1.807, 2.05) is 72.1 Å². The summed E-state index contributed by atoms with van der Waals surface area (Å²) in [6, 6.07) is 19.8. The summed E-state index contributed by atoms with van der Waals surface area (Å²) in [5.74, 6) is -0.574. The highest BCUT2D eigenvalue weighted by molar-refractivity contribution is 7.10. The van der Waals surface area contributed by atoms with Gasteiger partial charge in [0.1, 0.15) is 10.6 Å². The number of anilines is 2. The van der Waals surface area contributed by atoms with Gasteiger partial charge in [0.15, 0.2) is 4.80 Å². The average Bonchev–Trinajstić information content (AvgIpc) is 3.62. The van der Waals surface area contributed by atoms with Gasteiger partial charge in [-0.05, 0) is 36.6 Å². The van der Waals surface area contributed by atoms with Crippen molar-refractivity contribution in [2.75, 3.05) is 16.8 Å². The normalized spacial score (nSPS) is 17.7. The van der Waals surface area contributed by atoms with Gasteiger partial charge in [-0.1, -0.05) is 59.9 Å². The van der Waals surface area contributed by atoms with Crippen LogP contribution < -0.4 is 25.1 Å². The molecule has 2 amide bonds. The maximum absolute atomic E-state index is 14.1. The lowest BCUT2D eigenvalue weighted by atomic mass is 10.0. The van der Waals surface area contributed by atoms with Gasteiger partial charge >= 0.3 is 0 Å². The smallest absolute Gasteiger partial charge is 0.272 e. The van der Waals surface area contributed by atoms with Gasteiger partial charge in [-0.15, -0.1) is 17.9 Å². The molecule has 6 rings (SSSR count). The van der Waals surface area contributed by atoms with Crippen LogP contribution in [0.4, 0.5) is 11.4 Å². The maximum atomic E-state index is 14.1. The van der Waals surface area contributed by atoms with Crippen molar-refractivity contribution in [3.05, 3.63) is 126 Å². The average molecular weight is 539 g/mol. The van der Waals surface area contributed by atoms with Gasteiger partial charge in [-0.25, -0.2) is 4.99 Å². The maximum Gasteiger partial charge on any atom is 0.272 e. The van der Waals surface area contributed by atoms with Crippen LogP contribution in [0, 0.1) is 0 Å². The monoisotopic (exact) mass is 538 g/mol. The van der Waals surface area contributed by atoms with E-state index in [0.717, 1.165) is 10.6 Å². The van der Waals surface area contributed by atoms with E-state index in [0.29, 0.717) is 44.0 Å². The molecule has 0 saturated heterocycles. The van der Waals surface area contributed by atoms with E-state index in [1.54, 1.807) is 22.5 Å². The zero-order valence-electron chi connectivity index (χ0n) is 20.4. The predicted molar refractivity (Wildman–Crippen MR) is 151 cm³/mol. The van der Waals surface area contributed by atoms with Crippen LogP contribution in [0.15, 0.2) is 106 Å². The molecule has 0 aliphatic carbocycles. The quantitative estimate of drug-likeness (QED) is 0.392. The Morgan fingerprint density at radius 2 is 1.84 bits per heavy atom. The first-order valence-electron chi connectivity index (χ1n) is 12.0. The number of fused-ring (bicyclic) bond motifs is 2. The molecule has 9 heteroatoms. The number of hydrogen-bond donors (Lipinski definition) is 1. The zero-order chi connectivity index (χ0) is 26.4. The Morgan fingerprint density at radius 3 is 2.58 bits per heavy atom. The summed E-state index contributed by atoms with van der Waals surface area (Å²) >= 11 is 2.65. The number of amides is 2. The lowest BCUT2D eigenvalue weighted by Crippen LogP contribution is -2.41. The van der Waals surface area contributed by atoms with Crippen molar-refractivity contribution in [3.8, 4) is 0 Å². The molecule has 1 N–H and O–H groups in total. The summed E-state index contributed by atoms with van der Waals surface area (Å²) in [5, 5.41) is 4.86. The summed E-state index contributed by atoms with van der Waals surface area (Å²) in [5.41, 5.74) is 3.03. The van der Waals surface area contributed by atoms with E-state index in [4.69, 9.17) is 0 Å². The second-order valence-electron chi connectivity index (χ2n) is 8.83. The third kappa shape index (κ3) is 3.79. The van der Waals surface area contributed by atoms with Crippen molar-refractivity contribution in [3.63, 3.8) is 0 Å². The summed E-state index contributed by atoms with van der Waals surface area (Å²) in [6.07, 6.45) is 1.66. The number of thiophene rings is 1. The number of nitrogens with one attached hydrogen (secondary N) is 1. The molecule has 0 radical (unpaired) electrons. The van der Waals surface area contributed by atoms with Crippen molar-refractivity contribution in [1.29, 1.82) is 0 Å². The molecule has 0 bridgehead atoms. The van der Waals surface area contributed by atoms with Crippen LogP contribution in [-0.4, -0.2) is 22.9 Å². The Labute approximate surface area is 226 Å². The molecule has 38 heavy (non-hydrogen) atoms. The lowest BCUT2D eigenvalue weighted by molar-refractivity contribution is -0.114. The minimum atomic E-state index is -0.666. The fraction of sp³-hybridized carbons (Fsp3) is 0.103. The SMILES string of the molecule is C=CCN1C(=O)/C(=c2/sc3n(c2=O)[C@@H](c2cccs2)C(C(=O)Nc2ccccc2)=C(C)N=3)c2ccccc21. The number of allylic oxidation sites excluding steroid dienone is 1. The fourth-order valence-corrected chi connectivity index (χ4v) is 6.87. The molecule has 0 saturated carbocycles. The van der Waals surface area contributed by atoms with Crippen LogP contribution in [0.1, 0.15) is 23.4 Å². The first-order valence-corrected chi connectivity index (χ1v) is 13.7. The van der Waals surface area contributed by atoms with Crippen LogP contribution in [0.25, 0.3) is 5.57 Å². The third-order valence-corrected chi connectivity index (χ3v) is 8.53. The van der Waals surface area contributed by atoms with Crippen LogP contribution in [0.5, 0.6) is 0 Å². The minimum Gasteiger partial charge on any atom is -0.322 e. The Balaban J connectivity index is 1.57. The van der Waals surface area contributed by atoms with Gasteiger partial charge in [0.05, 0.1) is 22.5 Å². The minimum absolute atomic E-state index is 0.248. The van der Waals surface area contributed by atoms with E-state index >= 15 is 0 Å². The number of carbonyl (C=O) groups excluding carboxylic acids is 2. The molecule has 1 atom stereocenters. The number of hydrogen-bond acceptors (Lipinski definition) is 6. The van der Waals surface area contributed by atoms with Gasteiger partial charge in [0, 0.05) is 22.7 Å². The summed E-state index contributed by atoms with van der Waals surface area (Å²) in [6.45, 7) is 5.89. The van der Waals surface area contributed by atoms with Crippen molar-refractivity contribution in [2.24, 2.45) is 4.99 Å². The number of carbonyl (C=O) groups is 2. The standard InChI is InChI=1S/C29H22N4O3S2/c1-3-15-32-20-13-8-7-12-19(20)23(27(32)35)25-28(36)33-24(21-14-9-16-37-21)22(17(2)30-29(33)38-25)26(34)31-18-10-5-4-6-11-18/h3-14,16,24H,1,15H2,2H3,(H,31,34)/b25-23+/t24-/m0/s1. The fourth-order valence-electron chi connectivity index (χ4n) is 4.91. The Hall–Kier alpha value is -4.34. The molecule has 188 valence electrons. The van der Waals surface area contributed by atoms with Crippen molar-refractivity contribution in [2.45, 2.75) is 13.0 Å². The third-order valence-electron chi connectivity index (χ3n) is 6.55. The van der Waals surface area contributed by atoms with Gasteiger partial charge in [0.25, 0.3) is 17.4 Å². The molecule has 4 heterocycles. The highest BCUT2D eigenvalue weighted by Crippen LogP contribution is 2.36. The van der Waals surface area contributed by atoms with Crippen LogP contribution in [0.3, 0.4) is 0 Å². The van der Waals surface area contributed by atoms with E-state index in [-0.39, 0.29) is 17.4 Å². The zero-order valence-corrected chi connectivity index (χ0v) is 22.0. The number of nitrogens with zero attached hydrogens (tertiary/aromatic N) is 3. The van der Waals surface area contributed by atoms with E-state index in [2.05, 4.69) is 16.9 Å². The van der Waals surface area contributed by atoms with Crippen molar-refractivity contribution >= 4 is 51.4 Å². The molecule has 0 spiro atoms. The topological polar surface area (TPSA) is 83.8 Å². The van der Waals surface area contributed by atoms with Crippen LogP contribution in [-0.2, 0) is 9.59 Å². The number of thiazole rings is 1. The molecular weight excluding hydrogens is 516 g/mol. The van der Waals surface area contributed by atoms with Gasteiger partial charge < -0.3 is 10.2 Å². The van der Waals surface area contributed by atoms with Gasteiger partial charge in [0.2, 0.25) is 0 Å². The molecule has 0 unspecified atom stereocenters.